The van der Waals surface area contributed by atoms with E-state index in [0.717, 1.165) is 22.3 Å². The van der Waals surface area contributed by atoms with Crippen LogP contribution in [-0.4, -0.2) is 21.7 Å². The Hall–Kier alpha value is -2.11. The molecule has 0 spiro atoms. The molecule has 0 radical (unpaired) electrons. The number of aryl methyl sites for hydroxylation is 3. The largest absolute Gasteiger partial charge is 0.411 e. The zero-order valence-electron chi connectivity index (χ0n) is 14.2. The van der Waals surface area contributed by atoms with Crippen molar-refractivity contribution in [2.24, 2.45) is 0 Å². The van der Waals surface area contributed by atoms with Crippen LogP contribution < -0.4 is 0 Å². The molecule has 0 N–H and O–H groups in total. The van der Waals surface area contributed by atoms with Gasteiger partial charge in [-0.05, 0) is 67.8 Å². The second-order valence-electron chi connectivity index (χ2n) is 5.84. The molecule has 0 amide bonds. The van der Waals surface area contributed by atoms with Gasteiger partial charge in [0, 0.05) is 16.1 Å². The number of aromatic nitrogens is 2. The van der Waals surface area contributed by atoms with Gasteiger partial charge >= 0.3 is 0 Å². The minimum atomic E-state index is 0.0526. The van der Waals surface area contributed by atoms with Crippen molar-refractivity contribution in [2.45, 2.75) is 26.0 Å². The molecule has 2 aromatic carbocycles. The van der Waals surface area contributed by atoms with Crippen LogP contribution in [0.1, 0.15) is 27.0 Å². The van der Waals surface area contributed by atoms with Crippen LogP contribution in [0.4, 0.5) is 0 Å². The molecule has 6 heteroatoms. The molecule has 3 aromatic rings. The van der Waals surface area contributed by atoms with Gasteiger partial charge < -0.3 is 4.42 Å². The first-order valence-electron chi connectivity index (χ1n) is 7.77. The number of ketones is 1. The SMILES string of the molecule is Cc1cc(C)c(C(=O)CSc2nnc(-c3ccc(Cl)cc3)o2)cc1C. The summed E-state index contributed by atoms with van der Waals surface area (Å²) in [4.78, 5) is 12.5. The van der Waals surface area contributed by atoms with E-state index in [9.17, 15) is 4.79 Å². The summed E-state index contributed by atoms with van der Waals surface area (Å²) in [6.45, 7) is 6.01. The van der Waals surface area contributed by atoms with Gasteiger partial charge in [0.25, 0.3) is 5.22 Å². The van der Waals surface area contributed by atoms with Crippen LogP contribution >= 0.6 is 23.4 Å². The van der Waals surface area contributed by atoms with Gasteiger partial charge in [-0.1, -0.05) is 29.4 Å². The molecular weight excluding hydrogens is 356 g/mol. The summed E-state index contributed by atoms with van der Waals surface area (Å²) < 4.78 is 5.61. The molecule has 0 saturated carbocycles. The average molecular weight is 373 g/mol. The second-order valence-corrected chi connectivity index (χ2v) is 7.21. The number of hydrogen-bond acceptors (Lipinski definition) is 5. The molecule has 0 atom stereocenters. The van der Waals surface area contributed by atoms with Crippen LogP contribution in [0.5, 0.6) is 0 Å². The van der Waals surface area contributed by atoms with Crippen LogP contribution in [-0.2, 0) is 0 Å². The lowest BCUT2D eigenvalue weighted by molar-refractivity contribution is 0.102. The lowest BCUT2D eigenvalue weighted by Crippen LogP contribution is -2.06. The topological polar surface area (TPSA) is 56.0 Å². The van der Waals surface area contributed by atoms with Crippen LogP contribution in [0.2, 0.25) is 5.02 Å². The highest BCUT2D eigenvalue weighted by Crippen LogP contribution is 2.25. The molecule has 1 heterocycles. The fourth-order valence-electron chi connectivity index (χ4n) is 2.44. The summed E-state index contributed by atoms with van der Waals surface area (Å²) in [5.41, 5.74) is 4.82. The number of Topliss-reactive ketones (excluding diaryl/α,β-unsaturated/α-hetero) is 1. The Morgan fingerprint density at radius 2 is 1.72 bits per heavy atom. The minimum Gasteiger partial charge on any atom is -0.411 e. The van der Waals surface area contributed by atoms with Crippen LogP contribution in [0, 0.1) is 20.8 Å². The molecule has 3 rings (SSSR count). The molecule has 128 valence electrons. The number of rotatable bonds is 5. The number of carbonyl (C=O) groups excluding carboxylic acids is 1. The molecule has 0 saturated heterocycles. The van der Waals surface area contributed by atoms with E-state index in [4.69, 9.17) is 16.0 Å². The van der Waals surface area contributed by atoms with E-state index in [-0.39, 0.29) is 11.5 Å². The quantitative estimate of drug-likeness (QED) is 0.450. The van der Waals surface area contributed by atoms with Gasteiger partial charge in [-0.15, -0.1) is 10.2 Å². The predicted octanol–water partition coefficient (Wildman–Crippen LogP) is 5.29. The molecule has 0 unspecified atom stereocenters. The van der Waals surface area contributed by atoms with Crippen LogP contribution in [0.25, 0.3) is 11.5 Å². The number of hydrogen-bond donors (Lipinski definition) is 0. The molecule has 1 aromatic heterocycles. The molecule has 4 nitrogen and oxygen atoms in total. The number of carbonyl (C=O) groups is 1. The van der Waals surface area contributed by atoms with Crippen molar-refractivity contribution in [3.63, 3.8) is 0 Å². The first-order valence-corrected chi connectivity index (χ1v) is 9.13. The molecule has 0 aliphatic carbocycles. The Balaban J connectivity index is 1.69. The van der Waals surface area contributed by atoms with Crippen LogP contribution in [0.15, 0.2) is 46.0 Å². The zero-order valence-corrected chi connectivity index (χ0v) is 15.7. The fraction of sp³-hybridized carbons (Fsp3) is 0.211. The third kappa shape index (κ3) is 4.11. The van der Waals surface area contributed by atoms with Gasteiger partial charge in [-0.3, -0.25) is 4.79 Å². The molecule has 25 heavy (non-hydrogen) atoms. The number of thioether (sulfide) groups is 1. The van der Waals surface area contributed by atoms with E-state index in [1.165, 1.54) is 17.3 Å². The van der Waals surface area contributed by atoms with Gasteiger partial charge in [0.15, 0.2) is 5.78 Å². The van der Waals surface area contributed by atoms with E-state index >= 15 is 0 Å². The van der Waals surface area contributed by atoms with Crippen LogP contribution in [0.3, 0.4) is 0 Å². The zero-order chi connectivity index (χ0) is 18.0. The Bertz CT molecular complexity index is 920. The Morgan fingerprint density at radius 1 is 1.04 bits per heavy atom. The smallest absolute Gasteiger partial charge is 0.277 e. The van der Waals surface area contributed by atoms with E-state index < -0.39 is 0 Å². The van der Waals surface area contributed by atoms with E-state index in [2.05, 4.69) is 10.2 Å². The van der Waals surface area contributed by atoms with E-state index in [1.54, 1.807) is 12.1 Å². The third-order valence-corrected chi connectivity index (χ3v) is 5.04. The monoisotopic (exact) mass is 372 g/mol. The van der Waals surface area contributed by atoms with Crippen molar-refractivity contribution in [3.05, 3.63) is 63.7 Å². The molecule has 0 aliphatic heterocycles. The van der Waals surface area contributed by atoms with Crippen molar-refractivity contribution in [2.75, 3.05) is 5.75 Å². The Labute approximate surface area is 155 Å². The lowest BCUT2D eigenvalue weighted by atomic mass is 9.99. The van der Waals surface area contributed by atoms with Crippen molar-refractivity contribution >= 4 is 29.1 Å². The van der Waals surface area contributed by atoms with Crippen molar-refractivity contribution in [1.82, 2.24) is 10.2 Å². The van der Waals surface area contributed by atoms with Gasteiger partial charge in [-0.2, -0.15) is 0 Å². The molecular formula is C19H17ClN2O2S. The van der Waals surface area contributed by atoms with Gasteiger partial charge in [0.1, 0.15) is 0 Å². The highest BCUT2D eigenvalue weighted by Gasteiger charge is 2.14. The molecule has 0 fully saturated rings. The van der Waals surface area contributed by atoms with E-state index in [0.29, 0.717) is 16.1 Å². The first kappa shape index (κ1) is 17.7. The maximum absolute atomic E-state index is 12.5. The second kappa shape index (κ2) is 7.42. The normalized spacial score (nSPS) is 10.9. The van der Waals surface area contributed by atoms with Gasteiger partial charge in [0.2, 0.25) is 5.89 Å². The van der Waals surface area contributed by atoms with Crippen molar-refractivity contribution in [1.29, 1.82) is 0 Å². The minimum absolute atomic E-state index is 0.0526. The number of halogens is 1. The fourth-order valence-corrected chi connectivity index (χ4v) is 3.22. The van der Waals surface area contributed by atoms with Crippen molar-refractivity contribution < 1.29 is 9.21 Å². The average Bonchev–Trinajstić information content (AvgIpc) is 3.05. The van der Waals surface area contributed by atoms with Crippen molar-refractivity contribution in [3.8, 4) is 11.5 Å². The van der Waals surface area contributed by atoms with E-state index in [1.807, 2.05) is 45.0 Å². The van der Waals surface area contributed by atoms with Gasteiger partial charge in [-0.25, -0.2) is 0 Å². The highest BCUT2D eigenvalue weighted by molar-refractivity contribution is 7.99. The summed E-state index contributed by atoms with van der Waals surface area (Å²) in [6, 6.07) is 11.1. The number of benzene rings is 2. The first-order chi connectivity index (χ1) is 11.9. The summed E-state index contributed by atoms with van der Waals surface area (Å²) in [5.74, 6) is 0.719. The number of nitrogens with zero attached hydrogens (tertiary/aromatic N) is 2. The maximum atomic E-state index is 12.5. The standard InChI is InChI=1S/C19H17ClN2O2S/c1-11-8-13(3)16(9-12(11)2)17(23)10-25-19-22-21-18(24-19)14-4-6-15(20)7-5-14/h4-9H,10H2,1-3H3. The lowest BCUT2D eigenvalue weighted by Gasteiger charge is -2.08. The molecule has 0 bridgehead atoms. The summed E-state index contributed by atoms with van der Waals surface area (Å²) in [6.07, 6.45) is 0. The Kier molecular flexibility index (Phi) is 5.25. The summed E-state index contributed by atoms with van der Waals surface area (Å²) in [5, 5.41) is 9.03. The highest BCUT2D eigenvalue weighted by atomic mass is 35.5. The van der Waals surface area contributed by atoms with Gasteiger partial charge in [0.05, 0.1) is 5.75 Å². The third-order valence-electron chi connectivity index (χ3n) is 3.97. The predicted molar refractivity (Wildman–Crippen MR) is 100 cm³/mol. The maximum Gasteiger partial charge on any atom is 0.277 e. The summed E-state index contributed by atoms with van der Waals surface area (Å²) >= 11 is 7.12. The molecule has 0 aliphatic rings. The Morgan fingerprint density at radius 3 is 2.44 bits per heavy atom. The summed E-state index contributed by atoms with van der Waals surface area (Å²) in [7, 11) is 0.